The van der Waals surface area contributed by atoms with Gasteiger partial charge < -0.3 is 70.2 Å². The summed E-state index contributed by atoms with van der Waals surface area (Å²) in [7, 11) is 1.37. The highest BCUT2D eigenvalue weighted by Gasteiger charge is 2.51. The van der Waals surface area contributed by atoms with E-state index in [1.807, 2.05) is 0 Å². The van der Waals surface area contributed by atoms with Crippen LogP contribution < -0.4 is 31.9 Å². The Labute approximate surface area is 358 Å². The van der Waals surface area contributed by atoms with Crippen LogP contribution in [0, 0.1) is 0 Å². The highest BCUT2D eigenvalue weighted by Crippen LogP contribution is 2.27. The second-order valence-electron chi connectivity index (χ2n) is 12.8. The van der Waals surface area contributed by atoms with Gasteiger partial charge >= 0.3 is 30.0 Å². The molecule has 0 aliphatic carbocycles. The van der Waals surface area contributed by atoms with Crippen molar-refractivity contribution in [3.05, 3.63) is 0 Å². The monoisotopic (exact) mass is 922 g/mol. The van der Waals surface area contributed by atoms with E-state index < -0.39 is 144 Å². The third-order valence-corrected chi connectivity index (χ3v) is 7.92. The Hall–Kier alpha value is -4.75. The van der Waals surface area contributed by atoms with Gasteiger partial charge in [-0.2, -0.15) is 0 Å². The molecule has 1 fully saturated rings. The van der Waals surface area contributed by atoms with Gasteiger partial charge in [-0.15, -0.1) is 0 Å². The molecule has 0 saturated carbocycles. The first-order valence-corrected chi connectivity index (χ1v) is 18.9. The summed E-state index contributed by atoms with van der Waals surface area (Å²) in [6.07, 6.45) is -8.45. The molecule has 6 amide bonds. The number of alkyl halides is 3. The van der Waals surface area contributed by atoms with Crippen LogP contribution in [0.4, 0.5) is 4.79 Å². The first kappa shape index (κ1) is 53.3. The van der Waals surface area contributed by atoms with Crippen LogP contribution in [0.25, 0.3) is 0 Å². The number of carbonyl (C=O) groups excluding carboxylic acids is 10. The number of halogens is 3. The number of rotatable bonds is 21. The lowest BCUT2D eigenvalue weighted by Crippen LogP contribution is -2.69. The molecule has 0 aromatic carbocycles. The molecule has 7 N–H and O–H groups in total. The van der Waals surface area contributed by atoms with Crippen LogP contribution in [0.3, 0.4) is 0 Å². The molecule has 0 radical (unpaired) electrons. The summed E-state index contributed by atoms with van der Waals surface area (Å²) in [5.74, 6) is -8.85. The van der Waals surface area contributed by atoms with E-state index in [0.29, 0.717) is 0 Å². The van der Waals surface area contributed by atoms with Gasteiger partial charge in [0.25, 0.3) is 0 Å². The van der Waals surface area contributed by atoms with Crippen LogP contribution in [0.5, 0.6) is 0 Å². The lowest BCUT2D eigenvalue weighted by molar-refractivity contribution is -0.228. The highest BCUT2D eigenvalue weighted by atomic mass is 35.6. The van der Waals surface area contributed by atoms with Crippen LogP contribution in [-0.2, 0) is 76.3 Å². The number of carbonyl (C=O) groups is 10. The van der Waals surface area contributed by atoms with Gasteiger partial charge in [-0.1, -0.05) is 34.8 Å². The van der Waals surface area contributed by atoms with Crippen LogP contribution in [0.1, 0.15) is 48.0 Å². The normalized spacial score (nSPS) is 20.6. The van der Waals surface area contributed by atoms with Crippen molar-refractivity contribution in [2.24, 2.45) is 0 Å². The van der Waals surface area contributed by atoms with Gasteiger partial charge in [0, 0.05) is 34.8 Å². The number of methoxy groups -OCH3 is 1. The molecule has 1 rings (SSSR count). The van der Waals surface area contributed by atoms with Crippen LogP contribution in [0.15, 0.2) is 0 Å². The molecule has 1 aliphatic heterocycles. The zero-order chi connectivity index (χ0) is 45.9. The van der Waals surface area contributed by atoms with E-state index in [0.717, 1.165) is 34.6 Å². The van der Waals surface area contributed by atoms with Crippen molar-refractivity contribution in [2.45, 2.75) is 107 Å². The predicted octanol–water partition coefficient (Wildman–Crippen LogP) is -2.71. The van der Waals surface area contributed by atoms with Gasteiger partial charge in [-0.3, -0.25) is 38.4 Å². The quantitative estimate of drug-likeness (QED) is 0.0266. The van der Waals surface area contributed by atoms with E-state index in [2.05, 4.69) is 31.9 Å². The number of alkyl carbamates (subject to hydrolysis) is 1. The Kier molecular flexibility index (Phi) is 22.9. The number of esters is 4. The third-order valence-electron chi connectivity index (χ3n) is 7.60. The molecule has 0 bridgehead atoms. The maximum atomic E-state index is 13.7. The minimum atomic E-state index is -2.00. The minimum Gasteiger partial charge on any atom is -0.463 e. The number of hydrogen-bond acceptors (Lipinski definition) is 18. The van der Waals surface area contributed by atoms with Gasteiger partial charge in [-0.25, -0.2) is 9.59 Å². The Morgan fingerprint density at radius 2 is 1.28 bits per heavy atom. The maximum absolute atomic E-state index is 13.7. The summed E-state index contributed by atoms with van der Waals surface area (Å²) in [4.78, 5) is 126. The van der Waals surface area contributed by atoms with E-state index in [9.17, 15) is 53.1 Å². The van der Waals surface area contributed by atoms with Gasteiger partial charge in [0.1, 0.15) is 56.1 Å². The summed E-state index contributed by atoms with van der Waals surface area (Å²) >= 11 is 16.7. The molecule has 340 valence electrons. The smallest absolute Gasteiger partial charge is 0.407 e. The molecule has 0 aromatic rings. The topological polar surface area (TPSA) is 328 Å². The van der Waals surface area contributed by atoms with E-state index in [4.69, 9.17) is 68.0 Å². The largest absolute Gasteiger partial charge is 0.463 e. The molecule has 0 unspecified atom stereocenters. The van der Waals surface area contributed by atoms with Crippen molar-refractivity contribution in [1.82, 2.24) is 31.9 Å². The number of aliphatic hydroxyl groups is 1. The molecular weight excluding hydrogens is 875 g/mol. The average Bonchev–Trinajstić information content (AvgIpc) is 3.13. The summed E-state index contributed by atoms with van der Waals surface area (Å²) in [5, 5.41) is 23.5. The fourth-order valence-corrected chi connectivity index (χ4v) is 5.15. The maximum Gasteiger partial charge on any atom is 0.407 e. The lowest BCUT2D eigenvalue weighted by Gasteiger charge is -2.45. The van der Waals surface area contributed by atoms with Gasteiger partial charge in [0.05, 0.1) is 19.6 Å². The molecule has 0 aromatic heterocycles. The Morgan fingerprint density at radius 1 is 0.700 bits per heavy atom. The van der Waals surface area contributed by atoms with Gasteiger partial charge in [0.2, 0.25) is 33.3 Å². The van der Waals surface area contributed by atoms with Gasteiger partial charge in [-0.05, 0) is 13.8 Å². The first-order valence-electron chi connectivity index (χ1n) is 17.8. The van der Waals surface area contributed by atoms with E-state index in [1.165, 1.54) is 14.0 Å². The van der Waals surface area contributed by atoms with Crippen molar-refractivity contribution in [3.63, 3.8) is 0 Å². The number of aliphatic hydroxyl groups excluding tert-OH is 1. The third kappa shape index (κ3) is 20.0. The van der Waals surface area contributed by atoms with Crippen molar-refractivity contribution in [2.75, 3.05) is 40.1 Å². The van der Waals surface area contributed by atoms with E-state index in [-0.39, 0.29) is 13.2 Å². The van der Waals surface area contributed by atoms with E-state index >= 15 is 0 Å². The standard InChI is InChI=1S/C33H49Cl3N6O18/c1-14(38-32(53)57-13-33(34,35)36)27(49)40-20(28(50)41-21(11-43)29(51)37-15(2)31(52)55-9-8-54-7)10-23(48)42-30-24(39-16(3)44)26(59-19(6)47)25(58-18(5)46)22(60-30)12-56-17(4)45/h14-15,20-22,24-26,30,43H,8-13H2,1-7H3,(H,37,51)(H,38,53)(H,39,44)(H,40,49)(H,41,50)(H,42,48)/t14-,15-,20-,21-,22+,24+,25+,26+,30+/m0/s1. The zero-order valence-corrected chi connectivity index (χ0v) is 35.7. The summed E-state index contributed by atoms with van der Waals surface area (Å²) in [6.45, 7) is 4.05. The Balaban J connectivity index is 3.50. The number of hydrogen-bond donors (Lipinski definition) is 7. The summed E-state index contributed by atoms with van der Waals surface area (Å²) in [5.41, 5.74) is 0. The lowest BCUT2D eigenvalue weighted by atomic mass is 9.94. The molecule has 0 spiro atoms. The second-order valence-corrected chi connectivity index (χ2v) is 15.3. The second kappa shape index (κ2) is 25.8. The van der Waals surface area contributed by atoms with Crippen LogP contribution in [-0.4, -0.2) is 163 Å². The number of nitrogens with one attached hydrogen (secondary N) is 6. The van der Waals surface area contributed by atoms with E-state index in [1.54, 1.807) is 0 Å². The Bertz CT molecular complexity index is 1570. The van der Waals surface area contributed by atoms with Crippen molar-refractivity contribution in [1.29, 1.82) is 0 Å². The van der Waals surface area contributed by atoms with Crippen molar-refractivity contribution in [3.8, 4) is 0 Å². The Morgan fingerprint density at radius 3 is 1.82 bits per heavy atom. The molecule has 9 atom stereocenters. The summed E-state index contributed by atoms with van der Waals surface area (Å²) in [6, 6.07) is -8.00. The highest BCUT2D eigenvalue weighted by molar-refractivity contribution is 6.67. The molecule has 1 saturated heterocycles. The fraction of sp³-hybridized carbons (Fsp3) is 0.697. The van der Waals surface area contributed by atoms with Gasteiger partial charge in [0.15, 0.2) is 18.4 Å². The average molecular weight is 924 g/mol. The van der Waals surface area contributed by atoms with Crippen LogP contribution >= 0.6 is 34.8 Å². The molecule has 1 aliphatic rings. The summed E-state index contributed by atoms with van der Waals surface area (Å²) < 4.78 is 34.1. The SMILES string of the molecule is COCCOC(=O)[C@H](C)NC(=O)[C@H](CO)NC(=O)[C@H](CC(=O)N[C@@H]1O[C@H](COC(C)=O)[C@@H](OC(C)=O)[C@H](OC(C)=O)[C@H]1NC(C)=O)NC(=O)[C@H](C)NC(=O)OCC(Cl)(Cl)Cl. The molecule has 27 heteroatoms. The molecular formula is C33H49Cl3N6O18. The van der Waals surface area contributed by atoms with Crippen molar-refractivity contribution >= 4 is 94.3 Å². The minimum absolute atomic E-state index is 0.0594. The zero-order valence-electron chi connectivity index (χ0n) is 33.5. The number of amides is 6. The number of ether oxygens (including phenoxy) is 7. The first-order chi connectivity index (χ1) is 27.9. The predicted molar refractivity (Wildman–Crippen MR) is 202 cm³/mol. The molecule has 24 nitrogen and oxygen atoms in total. The molecule has 1 heterocycles. The van der Waals surface area contributed by atoms with Crippen molar-refractivity contribution < 1.29 is 86.2 Å². The molecule has 60 heavy (non-hydrogen) atoms. The van der Waals surface area contributed by atoms with Crippen LogP contribution in [0.2, 0.25) is 0 Å². The fourth-order valence-electron chi connectivity index (χ4n) is 4.99.